The van der Waals surface area contributed by atoms with E-state index in [1.807, 2.05) is 12.1 Å². The topological polar surface area (TPSA) is 197 Å². The van der Waals surface area contributed by atoms with Gasteiger partial charge >= 0.3 is 30.0 Å². The predicted molar refractivity (Wildman–Crippen MR) is 176 cm³/mol. The van der Waals surface area contributed by atoms with Crippen LogP contribution in [0.5, 0.6) is 6.01 Å². The van der Waals surface area contributed by atoms with Gasteiger partial charge in [0.1, 0.15) is 6.04 Å². The summed E-state index contributed by atoms with van der Waals surface area (Å²) < 4.78 is 43.6. The molecule has 3 fully saturated rings. The van der Waals surface area contributed by atoms with Crippen LogP contribution in [0.2, 0.25) is 5.02 Å². The quantitative estimate of drug-likeness (QED) is 0.140. The highest BCUT2D eigenvalue weighted by Gasteiger charge is 2.45. The number of halogens is 4. The number of fused-ring (bicyclic) bond motifs is 2. The van der Waals surface area contributed by atoms with Crippen LogP contribution in [0.4, 0.5) is 30.8 Å². The first kappa shape index (κ1) is 35.6. The van der Waals surface area contributed by atoms with Gasteiger partial charge in [-0.05, 0) is 85.9 Å². The molecule has 3 aliphatic carbocycles. The fraction of sp³-hybridized carbons (Fsp3) is 0.424. The number of nitrogens with zero attached hydrogens (tertiary/aromatic N) is 3. The second-order valence-corrected chi connectivity index (χ2v) is 13.4. The lowest BCUT2D eigenvalue weighted by atomic mass is 9.95. The van der Waals surface area contributed by atoms with Crippen LogP contribution in [-0.2, 0) is 19.9 Å². The molecule has 0 radical (unpaired) electrons. The smallest absolute Gasteiger partial charge is 0.422 e. The summed E-state index contributed by atoms with van der Waals surface area (Å²) in [7, 11) is 0. The second kappa shape index (κ2) is 14.6. The molecule has 0 unspecified atom stereocenters. The normalized spacial score (nSPS) is 20.5. The highest BCUT2D eigenvalue weighted by Crippen LogP contribution is 2.48. The van der Waals surface area contributed by atoms with Crippen LogP contribution < -0.4 is 31.3 Å². The maximum Gasteiger partial charge on any atom is 0.422 e. The Labute approximate surface area is 294 Å². The molecule has 0 saturated heterocycles. The molecule has 1 aromatic heterocycles. The van der Waals surface area contributed by atoms with Crippen LogP contribution in [0.3, 0.4) is 0 Å². The van der Waals surface area contributed by atoms with Gasteiger partial charge in [-0.1, -0.05) is 30.2 Å². The van der Waals surface area contributed by atoms with E-state index in [1.165, 1.54) is 24.3 Å². The SMILES string of the molecule is O=C(NC[C@H](NC(=O)c1ccc(Nc2nc(NC3(c4ccc(Cl)cc4)CC3)nc(OCC(F)(F)F)n2)cc1)C(=O)O)C(=O)N[C@@H]1C[C@@H]2CC[C@H]1C2. The number of hydrogen-bond donors (Lipinski definition) is 6. The lowest BCUT2D eigenvalue weighted by Crippen LogP contribution is -2.52. The fourth-order valence-electron chi connectivity index (χ4n) is 6.48. The molecular weight excluding hydrogens is 697 g/mol. The first-order valence-corrected chi connectivity index (χ1v) is 16.6. The van der Waals surface area contributed by atoms with Crippen LogP contribution in [0.15, 0.2) is 48.5 Å². The summed E-state index contributed by atoms with van der Waals surface area (Å²) in [6.45, 7) is -2.16. The number of anilines is 3. The Kier molecular flexibility index (Phi) is 10.2. The number of aliphatic carboxylic acids is 1. The average molecular weight is 731 g/mol. The summed E-state index contributed by atoms with van der Waals surface area (Å²) in [6.07, 6.45) is 0.750. The molecule has 4 atom stereocenters. The number of hydrogen-bond acceptors (Lipinski definition) is 10. The molecule has 3 aromatic rings. The molecule has 3 amide bonds. The van der Waals surface area contributed by atoms with Crippen molar-refractivity contribution in [1.82, 2.24) is 30.9 Å². The lowest BCUT2D eigenvalue weighted by Gasteiger charge is -2.22. The Morgan fingerprint density at radius 2 is 1.65 bits per heavy atom. The summed E-state index contributed by atoms with van der Waals surface area (Å²) in [6, 6.07) is 10.5. The van der Waals surface area contributed by atoms with Gasteiger partial charge in [-0.3, -0.25) is 14.4 Å². The van der Waals surface area contributed by atoms with Crippen molar-refractivity contribution in [1.29, 1.82) is 0 Å². The molecule has 51 heavy (non-hydrogen) atoms. The van der Waals surface area contributed by atoms with Crippen molar-refractivity contribution in [3.8, 4) is 6.01 Å². The summed E-state index contributed by atoms with van der Waals surface area (Å²) in [4.78, 5) is 61.7. The first-order valence-electron chi connectivity index (χ1n) is 16.2. The third kappa shape index (κ3) is 9.14. The Bertz CT molecular complexity index is 1790. The standard InChI is InChI=1S/C33H34ClF3N8O6/c34-21-7-5-20(6-8-21)32(11-12-32)45-30-42-29(43-31(44-30)51-16-33(35,36)37)39-22-9-3-18(4-10-22)25(46)41-24(28(49)50)15-38-26(47)27(48)40-23-14-17-1-2-19(23)13-17/h3-10,17,19,23-24H,1-2,11-16H2,(H,38,47)(H,40,48)(H,41,46)(H,49,50)(H2,39,42,43,44,45)/t17-,19+,23-,24+/m1/s1. The minimum atomic E-state index is -4.64. The Morgan fingerprint density at radius 3 is 2.25 bits per heavy atom. The largest absolute Gasteiger partial charge is 0.480 e. The maximum atomic E-state index is 12.9. The van der Waals surface area contributed by atoms with Crippen molar-refractivity contribution < 1.29 is 42.2 Å². The van der Waals surface area contributed by atoms with Gasteiger partial charge in [0.25, 0.3) is 5.91 Å². The predicted octanol–water partition coefficient (Wildman–Crippen LogP) is 3.91. The van der Waals surface area contributed by atoms with Crippen LogP contribution in [0.25, 0.3) is 0 Å². The number of benzene rings is 2. The van der Waals surface area contributed by atoms with Crippen molar-refractivity contribution >= 4 is 52.9 Å². The van der Waals surface area contributed by atoms with E-state index in [1.54, 1.807) is 12.1 Å². The summed E-state index contributed by atoms with van der Waals surface area (Å²) in [5.41, 5.74) is 0.709. The van der Waals surface area contributed by atoms with Crippen LogP contribution in [0, 0.1) is 11.8 Å². The summed E-state index contributed by atoms with van der Waals surface area (Å²) in [5, 5.41) is 23.5. The fourth-order valence-corrected chi connectivity index (χ4v) is 6.61. The monoisotopic (exact) mass is 730 g/mol. The minimum Gasteiger partial charge on any atom is -0.480 e. The van der Waals surface area contributed by atoms with Gasteiger partial charge in [-0.2, -0.15) is 28.1 Å². The van der Waals surface area contributed by atoms with Crippen molar-refractivity contribution in [2.24, 2.45) is 11.8 Å². The Balaban J connectivity index is 1.07. The molecule has 6 N–H and O–H groups in total. The third-order valence-electron chi connectivity index (χ3n) is 9.21. The number of ether oxygens (including phenoxy) is 1. The summed E-state index contributed by atoms with van der Waals surface area (Å²) >= 11 is 6.01. The number of carbonyl (C=O) groups is 4. The van der Waals surface area contributed by atoms with Crippen molar-refractivity contribution in [3.63, 3.8) is 0 Å². The van der Waals surface area contributed by atoms with Crippen molar-refractivity contribution in [3.05, 3.63) is 64.7 Å². The van der Waals surface area contributed by atoms with Crippen molar-refractivity contribution in [2.45, 2.75) is 62.3 Å². The molecule has 18 heteroatoms. The van der Waals surface area contributed by atoms with E-state index < -0.39 is 60.6 Å². The second-order valence-electron chi connectivity index (χ2n) is 12.9. The number of aromatic nitrogens is 3. The maximum absolute atomic E-state index is 12.9. The Hall–Kier alpha value is -5.19. The van der Waals surface area contributed by atoms with E-state index in [2.05, 4.69) is 41.5 Å². The van der Waals surface area contributed by atoms with Crippen LogP contribution in [0.1, 0.15) is 54.4 Å². The van der Waals surface area contributed by atoms with Gasteiger partial charge in [0.2, 0.25) is 11.9 Å². The van der Waals surface area contributed by atoms with E-state index in [0.717, 1.165) is 31.2 Å². The zero-order valence-electron chi connectivity index (χ0n) is 26.9. The molecule has 2 bridgehead atoms. The Morgan fingerprint density at radius 1 is 0.941 bits per heavy atom. The molecule has 0 spiro atoms. The van der Waals surface area contributed by atoms with Gasteiger partial charge in [-0.25, -0.2) is 4.79 Å². The molecule has 6 rings (SSSR count). The number of alkyl halides is 3. The lowest BCUT2D eigenvalue weighted by molar-refractivity contribution is -0.154. The third-order valence-corrected chi connectivity index (χ3v) is 9.46. The molecule has 3 aliphatic rings. The number of nitrogens with one attached hydrogen (secondary N) is 5. The number of carboxylic acid groups (broad SMARTS) is 1. The number of amides is 3. The van der Waals surface area contributed by atoms with Crippen molar-refractivity contribution in [2.75, 3.05) is 23.8 Å². The number of carbonyl (C=O) groups excluding carboxylic acids is 3. The van der Waals surface area contributed by atoms with E-state index in [0.29, 0.717) is 35.4 Å². The van der Waals surface area contributed by atoms with E-state index in [9.17, 15) is 37.5 Å². The molecule has 270 valence electrons. The van der Waals surface area contributed by atoms with Crippen LogP contribution >= 0.6 is 11.6 Å². The number of carboxylic acids is 1. The van der Waals surface area contributed by atoms with Gasteiger partial charge in [0.05, 0.1) is 5.54 Å². The van der Waals surface area contributed by atoms with Gasteiger partial charge in [0, 0.05) is 28.9 Å². The molecule has 0 aliphatic heterocycles. The molecule has 3 saturated carbocycles. The van der Waals surface area contributed by atoms with E-state index in [4.69, 9.17) is 16.3 Å². The van der Waals surface area contributed by atoms with Gasteiger partial charge < -0.3 is 36.4 Å². The average Bonchev–Trinajstić information content (AvgIpc) is 3.54. The highest BCUT2D eigenvalue weighted by atomic mass is 35.5. The van der Waals surface area contributed by atoms with E-state index in [-0.39, 0.29) is 23.5 Å². The first-order chi connectivity index (χ1) is 24.2. The molecule has 1 heterocycles. The minimum absolute atomic E-state index is 0.0389. The summed E-state index contributed by atoms with van der Waals surface area (Å²) in [5.74, 6) is -3.33. The van der Waals surface area contributed by atoms with Crippen LogP contribution in [-0.4, -0.2) is 75.2 Å². The van der Waals surface area contributed by atoms with E-state index >= 15 is 0 Å². The highest BCUT2D eigenvalue weighted by molar-refractivity contribution is 6.35. The molecule has 2 aromatic carbocycles. The molecule has 14 nitrogen and oxygen atoms in total. The zero-order valence-corrected chi connectivity index (χ0v) is 27.7. The number of rotatable bonds is 13. The molecular formula is C33H34ClF3N8O6. The zero-order chi connectivity index (χ0) is 36.3. The van der Waals surface area contributed by atoms with Gasteiger partial charge in [-0.15, -0.1) is 0 Å². The van der Waals surface area contributed by atoms with Gasteiger partial charge in [0.15, 0.2) is 6.61 Å².